The standard InChI is InChI=1S/C32H55NO7/c1-6-8-10-12-14-15-17-19-21-23-31(35)40-28(26-38-25-24-29(32(36)37)33(3,4)5)27-39-30(34)22-20-18-16-13-11-9-7-2/h8,10,14-15,19,21,28-29H,6-7,9,11-13,16-18,20,22-27H2,1-5H3/p+1/b10-8+,15-14+,21-19+. The van der Waals surface area contributed by atoms with Crippen molar-refractivity contribution in [2.45, 2.75) is 109 Å². The first-order chi connectivity index (χ1) is 19.1. The molecule has 40 heavy (non-hydrogen) atoms. The molecule has 0 heterocycles. The molecule has 1 N–H and O–H groups in total. The van der Waals surface area contributed by atoms with Crippen molar-refractivity contribution in [1.29, 1.82) is 0 Å². The number of allylic oxidation sites excluding steroid dienone is 5. The van der Waals surface area contributed by atoms with E-state index in [1.165, 1.54) is 25.7 Å². The van der Waals surface area contributed by atoms with Gasteiger partial charge >= 0.3 is 17.9 Å². The zero-order valence-corrected chi connectivity index (χ0v) is 25.8. The van der Waals surface area contributed by atoms with Gasteiger partial charge in [0.2, 0.25) is 0 Å². The van der Waals surface area contributed by atoms with Gasteiger partial charge in [-0.1, -0.05) is 88.8 Å². The number of carboxylic acid groups (broad SMARTS) is 1. The SMILES string of the molecule is CC/C=C/C/C=C/C/C=C/CC(=O)OC(COCCC(C(=O)O)[N+](C)(C)C)COC(=O)CCCCCCCCC. The molecular weight excluding hydrogens is 510 g/mol. The number of hydrogen-bond acceptors (Lipinski definition) is 6. The van der Waals surface area contributed by atoms with Crippen LogP contribution in [-0.2, 0) is 28.6 Å². The van der Waals surface area contributed by atoms with Crippen molar-refractivity contribution in [1.82, 2.24) is 0 Å². The molecule has 0 spiro atoms. The van der Waals surface area contributed by atoms with Crippen LogP contribution >= 0.6 is 0 Å². The van der Waals surface area contributed by atoms with Crippen LogP contribution in [0.1, 0.15) is 97.3 Å². The second kappa shape index (κ2) is 24.4. The lowest BCUT2D eigenvalue weighted by atomic mass is 10.1. The summed E-state index contributed by atoms with van der Waals surface area (Å²) in [5.74, 6) is -1.64. The Balaban J connectivity index is 4.68. The van der Waals surface area contributed by atoms with Gasteiger partial charge in [-0.15, -0.1) is 0 Å². The zero-order chi connectivity index (χ0) is 30.1. The van der Waals surface area contributed by atoms with E-state index in [2.05, 4.69) is 32.1 Å². The number of carbonyl (C=O) groups is 3. The van der Waals surface area contributed by atoms with E-state index in [9.17, 15) is 19.5 Å². The van der Waals surface area contributed by atoms with Crippen molar-refractivity contribution in [2.75, 3.05) is 41.0 Å². The molecule has 0 aromatic heterocycles. The molecule has 0 bridgehead atoms. The molecule has 8 heteroatoms. The van der Waals surface area contributed by atoms with Gasteiger partial charge in [-0.3, -0.25) is 9.59 Å². The summed E-state index contributed by atoms with van der Waals surface area (Å²) in [6, 6.07) is -0.623. The van der Waals surface area contributed by atoms with Gasteiger partial charge in [0.25, 0.3) is 0 Å². The van der Waals surface area contributed by atoms with Crippen molar-refractivity contribution < 1.29 is 38.2 Å². The number of esters is 2. The Bertz CT molecular complexity index is 768. The number of ether oxygens (including phenoxy) is 3. The molecule has 0 amide bonds. The molecule has 230 valence electrons. The summed E-state index contributed by atoms with van der Waals surface area (Å²) in [5, 5.41) is 9.50. The molecule has 0 aromatic carbocycles. The maximum atomic E-state index is 12.4. The van der Waals surface area contributed by atoms with E-state index >= 15 is 0 Å². The van der Waals surface area contributed by atoms with Gasteiger partial charge in [-0.25, -0.2) is 4.79 Å². The van der Waals surface area contributed by atoms with Gasteiger partial charge in [0.05, 0.1) is 40.8 Å². The molecule has 2 unspecified atom stereocenters. The fraction of sp³-hybridized carbons (Fsp3) is 0.719. The number of rotatable bonds is 25. The number of likely N-dealkylation sites (N-methyl/N-ethyl adjacent to an activating group) is 1. The lowest BCUT2D eigenvalue weighted by molar-refractivity contribution is -0.887. The van der Waals surface area contributed by atoms with Crippen LogP contribution in [0.15, 0.2) is 36.5 Å². The summed E-state index contributed by atoms with van der Waals surface area (Å²) >= 11 is 0. The van der Waals surface area contributed by atoms with E-state index in [0.717, 1.165) is 38.5 Å². The van der Waals surface area contributed by atoms with Gasteiger partial charge in [-0.05, 0) is 25.7 Å². The minimum absolute atomic E-state index is 0.0255. The summed E-state index contributed by atoms with van der Waals surface area (Å²) in [6.45, 7) is 4.41. The monoisotopic (exact) mass is 566 g/mol. The van der Waals surface area contributed by atoms with E-state index in [1.54, 1.807) is 6.08 Å². The normalized spacial score (nSPS) is 13.7. The van der Waals surface area contributed by atoms with Crippen LogP contribution in [0, 0.1) is 0 Å². The molecule has 0 saturated heterocycles. The molecule has 0 aliphatic heterocycles. The van der Waals surface area contributed by atoms with E-state index in [-0.39, 0.29) is 36.7 Å². The highest BCUT2D eigenvalue weighted by Gasteiger charge is 2.31. The molecule has 0 aliphatic carbocycles. The Morgan fingerprint density at radius 2 is 1.38 bits per heavy atom. The fourth-order valence-corrected chi connectivity index (χ4v) is 3.97. The minimum Gasteiger partial charge on any atom is -0.477 e. The van der Waals surface area contributed by atoms with Crippen LogP contribution in [0.5, 0.6) is 0 Å². The van der Waals surface area contributed by atoms with Crippen molar-refractivity contribution in [3.63, 3.8) is 0 Å². The van der Waals surface area contributed by atoms with E-state index in [4.69, 9.17) is 14.2 Å². The number of carboxylic acids is 1. The van der Waals surface area contributed by atoms with E-state index in [0.29, 0.717) is 12.8 Å². The summed E-state index contributed by atoms with van der Waals surface area (Å²) in [7, 11) is 5.46. The van der Waals surface area contributed by atoms with Gasteiger partial charge in [-0.2, -0.15) is 0 Å². The Kier molecular flexibility index (Phi) is 22.9. The third kappa shape index (κ3) is 22.4. The lowest BCUT2D eigenvalue weighted by Gasteiger charge is -2.31. The summed E-state index contributed by atoms with van der Waals surface area (Å²) in [6.07, 6.45) is 22.5. The average molecular weight is 567 g/mol. The van der Waals surface area contributed by atoms with Crippen LogP contribution in [0.25, 0.3) is 0 Å². The molecule has 2 atom stereocenters. The maximum absolute atomic E-state index is 12.4. The maximum Gasteiger partial charge on any atom is 0.362 e. The number of quaternary nitrogens is 1. The van der Waals surface area contributed by atoms with E-state index < -0.39 is 24.1 Å². The lowest BCUT2D eigenvalue weighted by Crippen LogP contribution is -2.50. The first-order valence-corrected chi connectivity index (χ1v) is 15.0. The van der Waals surface area contributed by atoms with Crippen molar-refractivity contribution in [3.8, 4) is 0 Å². The van der Waals surface area contributed by atoms with Crippen molar-refractivity contribution in [2.24, 2.45) is 0 Å². The van der Waals surface area contributed by atoms with Gasteiger partial charge in [0.1, 0.15) is 6.61 Å². The molecule has 0 fully saturated rings. The minimum atomic E-state index is -0.891. The molecule has 0 aromatic rings. The van der Waals surface area contributed by atoms with Crippen molar-refractivity contribution >= 4 is 17.9 Å². The molecule has 0 rings (SSSR count). The number of carbonyl (C=O) groups excluding carboxylic acids is 2. The zero-order valence-electron chi connectivity index (χ0n) is 25.8. The van der Waals surface area contributed by atoms with Crippen LogP contribution in [-0.4, -0.2) is 80.6 Å². The second-order valence-electron chi connectivity index (χ2n) is 11.0. The number of unbranched alkanes of at least 4 members (excludes halogenated alkanes) is 6. The predicted octanol–water partition coefficient (Wildman–Crippen LogP) is 6.40. The smallest absolute Gasteiger partial charge is 0.362 e. The fourth-order valence-electron chi connectivity index (χ4n) is 3.97. The largest absolute Gasteiger partial charge is 0.477 e. The molecule has 0 saturated carbocycles. The highest BCUT2D eigenvalue weighted by molar-refractivity contribution is 5.72. The topological polar surface area (TPSA) is 99.1 Å². The summed E-state index contributed by atoms with van der Waals surface area (Å²) in [5.41, 5.74) is 0. The Morgan fingerprint density at radius 1 is 0.775 bits per heavy atom. The van der Waals surface area contributed by atoms with Crippen LogP contribution in [0.4, 0.5) is 0 Å². The van der Waals surface area contributed by atoms with E-state index in [1.807, 2.05) is 33.3 Å². The quantitative estimate of drug-likeness (QED) is 0.0591. The molecule has 0 radical (unpaired) electrons. The third-order valence-electron chi connectivity index (χ3n) is 6.34. The van der Waals surface area contributed by atoms with Crippen molar-refractivity contribution in [3.05, 3.63) is 36.5 Å². The molecular formula is C32H56NO7+. The predicted molar refractivity (Wildman–Crippen MR) is 160 cm³/mol. The number of aliphatic carboxylic acids is 1. The second-order valence-corrected chi connectivity index (χ2v) is 11.0. The number of nitrogens with zero attached hydrogens (tertiary/aromatic N) is 1. The van der Waals surface area contributed by atoms with Crippen LogP contribution in [0.3, 0.4) is 0 Å². The highest BCUT2D eigenvalue weighted by Crippen LogP contribution is 2.11. The Morgan fingerprint density at radius 3 is 1.98 bits per heavy atom. The summed E-state index contributed by atoms with van der Waals surface area (Å²) < 4.78 is 16.9. The van der Waals surface area contributed by atoms with Gasteiger partial charge < -0.3 is 23.8 Å². The number of hydrogen-bond donors (Lipinski definition) is 1. The van der Waals surface area contributed by atoms with Gasteiger partial charge in [0.15, 0.2) is 12.1 Å². The molecule has 0 aliphatic rings. The Hall–Kier alpha value is -2.45. The Labute approximate surface area is 243 Å². The first-order valence-electron chi connectivity index (χ1n) is 15.0. The first kappa shape index (κ1) is 37.6. The van der Waals surface area contributed by atoms with Crippen LogP contribution < -0.4 is 0 Å². The highest BCUT2D eigenvalue weighted by atomic mass is 16.6. The van der Waals surface area contributed by atoms with Crippen LogP contribution in [0.2, 0.25) is 0 Å². The third-order valence-corrected chi connectivity index (χ3v) is 6.34. The van der Waals surface area contributed by atoms with Gasteiger partial charge in [0, 0.05) is 12.8 Å². The summed E-state index contributed by atoms with van der Waals surface area (Å²) in [4.78, 5) is 36.2. The molecule has 8 nitrogen and oxygen atoms in total. The average Bonchev–Trinajstić information content (AvgIpc) is 2.89.